The van der Waals surface area contributed by atoms with Crippen LogP contribution in [-0.4, -0.2) is 16.2 Å². The summed E-state index contributed by atoms with van der Waals surface area (Å²) < 4.78 is 0. The minimum Gasteiger partial charge on any atom is -0.353 e. The molecule has 0 atom stereocenters. The second kappa shape index (κ2) is 5.14. The summed E-state index contributed by atoms with van der Waals surface area (Å²) >= 11 is 1.62. The number of carbonyl (C=O) groups is 1. The van der Waals surface area contributed by atoms with Crippen LogP contribution >= 0.6 is 11.3 Å². The fourth-order valence-electron chi connectivity index (χ4n) is 2.33. The molecule has 0 spiro atoms. The van der Waals surface area contributed by atoms with Crippen LogP contribution in [0.25, 0.3) is 21.5 Å². The topological polar surface area (TPSA) is 76.0 Å². The average Bonchev–Trinajstić information content (AvgIpc) is 3.09. The number of thiophene rings is 1. The molecule has 0 unspecified atom stereocenters. The molecule has 0 bridgehead atoms. The van der Waals surface area contributed by atoms with Crippen molar-refractivity contribution in [2.75, 3.05) is 0 Å². The highest BCUT2D eigenvalue weighted by Gasteiger charge is 2.17. The van der Waals surface area contributed by atoms with Gasteiger partial charge in [0.25, 0.3) is 5.69 Å². The minimum atomic E-state index is -0.457. The van der Waals surface area contributed by atoms with Gasteiger partial charge in [0.15, 0.2) is 6.29 Å². The molecule has 2 aromatic heterocycles. The number of aryl methyl sites for hydroxylation is 1. The van der Waals surface area contributed by atoms with E-state index in [0.29, 0.717) is 10.9 Å². The van der Waals surface area contributed by atoms with Gasteiger partial charge in [-0.2, -0.15) is 0 Å². The first-order valence-corrected chi connectivity index (χ1v) is 7.30. The molecule has 2 heterocycles. The number of fused-ring (bicyclic) bond motifs is 1. The van der Waals surface area contributed by atoms with Gasteiger partial charge in [0, 0.05) is 33.5 Å². The van der Waals surface area contributed by atoms with Crippen LogP contribution in [-0.2, 0) is 6.42 Å². The van der Waals surface area contributed by atoms with Gasteiger partial charge in [0.2, 0.25) is 0 Å². The summed E-state index contributed by atoms with van der Waals surface area (Å²) in [7, 11) is 0. The lowest BCUT2D eigenvalue weighted by molar-refractivity contribution is -0.384. The first-order chi connectivity index (χ1) is 10.1. The number of nitrogens with one attached hydrogen (secondary N) is 1. The van der Waals surface area contributed by atoms with Crippen LogP contribution < -0.4 is 0 Å². The standard InChI is InChI=1S/C15H12N2O3S/c1-2-10-4-6-14(21-10)15-12(8-18)11-7-9(17(19)20)3-5-13(11)16-15/h3-8,16H,2H2,1H3. The van der Waals surface area contributed by atoms with Crippen molar-refractivity contribution < 1.29 is 9.72 Å². The van der Waals surface area contributed by atoms with E-state index in [2.05, 4.69) is 11.9 Å². The summed E-state index contributed by atoms with van der Waals surface area (Å²) in [6.07, 6.45) is 1.69. The molecule has 0 aliphatic carbocycles. The van der Waals surface area contributed by atoms with E-state index in [9.17, 15) is 14.9 Å². The van der Waals surface area contributed by atoms with Gasteiger partial charge < -0.3 is 4.98 Å². The number of non-ortho nitro benzene ring substituents is 1. The Labute approximate surface area is 124 Å². The third-order valence-electron chi connectivity index (χ3n) is 3.41. The Bertz CT molecular complexity index is 848. The lowest BCUT2D eigenvalue weighted by Crippen LogP contribution is -1.87. The van der Waals surface area contributed by atoms with Crippen LogP contribution in [0.3, 0.4) is 0 Å². The lowest BCUT2D eigenvalue weighted by Gasteiger charge is -1.94. The minimum absolute atomic E-state index is 0.0171. The number of aldehydes is 1. The number of hydrogen-bond acceptors (Lipinski definition) is 4. The number of nitrogens with zero attached hydrogens (tertiary/aromatic N) is 1. The molecule has 0 fully saturated rings. The quantitative estimate of drug-likeness (QED) is 0.446. The molecule has 106 valence electrons. The number of nitro benzene ring substituents is 1. The second-order valence-corrected chi connectivity index (χ2v) is 5.81. The fraction of sp³-hybridized carbons (Fsp3) is 0.133. The molecular formula is C15H12N2O3S. The Kier molecular flexibility index (Phi) is 3.31. The monoisotopic (exact) mass is 300 g/mol. The normalized spacial score (nSPS) is 10.9. The Hall–Kier alpha value is -2.47. The maximum atomic E-state index is 11.4. The predicted molar refractivity (Wildman–Crippen MR) is 83.0 cm³/mol. The molecule has 0 aliphatic heterocycles. The summed E-state index contributed by atoms with van der Waals surface area (Å²) in [5.74, 6) is 0. The van der Waals surface area contributed by atoms with Gasteiger partial charge >= 0.3 is 0 Å². The molecule has 0 aliphatic rings. The smallest absolute Gasteiger partial charge is 0.270 e. The number of H-pyrrole nitrogens is 1. The van der Waals surface area contributed by atoms with Gasteiger partial charge in [-0.3, -0.25) is 14.9 Å². The maximum Gasteiger partial charge on any atom is 0.270 e. The molecule has 3 rings (SSSR count). The van der Waals surface area contributed by atoms with Crippen molar-refractivity contribution in [1.82, 2.24) is 4.98 Å². The first-order valence-electron chi connectivity index (χ1n) is 6.48. The van der Waals surface area contributed by atoms with Crippen LogP contribution in [0.2, 0.25) is 0 Å². The summed E-state index contributed by atoms with van der Waals surface area (Å²) in [6, 6.07) is 8.51. The molecule has 0 saturated carbocycles. The van der Waals surface area contributed by atoms with E-state index in [-0.39, 0.29) is 5.69 Å². The molecule has 3 aromatic rings. The van der Waals surface area contributed by atoms with Crippen molar-refractivity contribution >= 4 is 34.2 Å². The Morgan fingerprint density at radius 2 is 2.14 bits per heavy atom. The summed E-state index contributed by atoms with van der Waals surface area (Å²) in [5.41, 5.74) is 1.91. The van der Waals surface area contributed by atoms with Crippen LogP contribution in [0, 0.1) is 10.1 Å². The largest absolute Gasteiger partial charge is 0.353 e. The number of hydrogen-bond donors (Lipinski definition) is 1. The fourth-order valence-corrected chi connectivity index (χ4v) is 3.30. The van der Waals surface area contributed by atoms with Gasteiger partial charge in [0.1, 0.15) is 0 Å². The predicted octanol–water partition coefficient (Wildman–Crippen LogP) is 4.18. The zero-order valence-electron chi connectivity index (χ0n) is 11.3. The van der Waals surface area contributed by atoms with E-state index < -0.39 is 4.92 Å². The van der Waals surface area contributed by atoms with Gasteiger partial charge in [-0.25, -0.2) is 0 Å². The molecule has 0 saturated heterocycles. The number of nitro groups is 1. The Morgan fingerprint density at radius 3 is 2.76 bits per heavy atom. The van der Waals surface area contributed by atoms with Gasteiger partial charge in [-0.05, 0) is 24.6 Å². The number of benzene rings is 1. The average molecular weight is 300 g/mol. The second-order valence-electron chi connectivity index (χ2n) is 4.64. The van der Waals surface area contributed by atoms with E-state index >= 15 is 0 Å². The first kappa shape index (κ1) is 13.5. The molecule has 6 heteroatoms. The Balaban J connectivity index is 2.23. The van der Waals surface area contributed by atoms with Crippen LogP contribution in [0.1, 0.15) is 22.2 Å². The van der Waals surface area contributed by atoms with Crippen molar-refractivity contribution in [3.05, 3.63) is 50.9 Å². The highest BCUT2D eigenvalue weighted by Crippen LogP contribution is 2.35. The molecule has 5 nitrogen and oxygen atoms in total. The van der Waals surface area contributed by atoms with Crippen molar-refractivity contribution in [3.8, 4) is 10.6 Å². The van der Waals surface area contributed by atoms with Crippen molar-refractivity contribution in [2.45, 2.75) is 13.3 Å². The number of carbonyl (C=O) groups excluding carboxylic acids is 1. The van der Waals surface area contributed by atoms with Crippen molar-refractivity contribution in [2.24, 2.45) is 0 Å². The van der Waals surface area contributed by atoms with Crippen LogP contribution in [0.4, 0.5) is 5.69 Å². The lowest BCUT2D eigenvalue weighted by atomic mass is 10.1. The van der Waals surface area contributed by atoms with Gasteiger partial charge in [0.05, 0.1) is 15.5 Å². The van der Waals surface area contributed by atoms with Gasteiger partial charge in [-0.15, -0.1) is 11.3 Å². The Morgan fingerprint density at radius 1 is 1.33 bits per heavy atom. The zero-order chi connectivity index (χ0) is 15.0. The molecular weight excluding hydrogens is 288 g/mol. The number of rotatable bonds is 4. The van der Waals surface area contributed by atoms with Gasteiger partial charge in [-0.1, -0.05) is 6.92 Å². The molecule has 1 aromatic carbocycles. The molecule has 21 heavy (non-hydrogen) atoms. The van der Waals surface area contributed by atoms with E-state index in [1.807, 2.05) is 12.1 Å². The number of aromatic amines is 1. The third kappa shape index (κ3) is 2.23. The number of aromatic nitrogens is 1. The van der Waals surface area contributed by atoms with Crippen molar-refractivity contribution in [1.29, 1.82) is 0 Å². The summed E-state index contributed by atoms with van der Waals surface area (Å²) in [4.78, 5) is 27.2. The highest BCUT2D eigenvalue weighted by molar-refractivity contribution is 7.15. The summed E-state index contributed by atoms with van der Waals surface area (Å²) in [6.45, 7) is 2.07. The molecule has 0 amide bonds. The van der Waals surface area contributed by atoms with Crippen LogP contribution in [0.15, 0.2) is 30.3 Å². The SMILES string of the molecule is CCc1ccc(-c2[nH]c3ccc([N+](=O)[O-])cc3c2C=O)s1. The van der Waals surface area contributed by atoms with E-state index in [4.69, 9.17) is 0 Å². The zero-order valence-corrected chi connectivity index (χ0v) is 12.1. The molecule has 0 radical (unpaired) electrons. The van der Waals surface area contributed by atoms with E-state index in [0.717, 1.165) is 28.8 Å². The third-order valence-corrected chi connectivity index (χ3v) is 4.65. The summed E-state index contributed by atoms with van der Waals surface area (Å²) in [5, 5.41) is 11.5. The van der Waals surface area contributed by atoms with Crippen LogP contribution in [0.5, 0.6) is 0 Å². The highest BCUT2D eigenvalue weighted by atomic mass is 32.1. The molecule has 1 N–H and O–H groups in total. The van der Waals surface area contributed by atoms with E-state index in [1.165, 1.54) is 17.0 Å². The van der Waals surface area contributed by atoms with Crippen molar-refractivity contribution in [3.63, 3.8) is 0 Å². The maximum absolute atomic E-state index is 11.4. The van der Waals surface area contributed by atoms with E-state index in [1.54, 1.807) is 17.4 Å².